The predicted octanol–water partition coefficient (Wildman–Crippen LogP) is 2.79. The molecular formula is C17H28N2O. The van der Waals surface area contributed by atoms with Gasteiger partial charge in [-0.1, -0.05) is 38.1 Å². The Morgan fingerprint density at radius 3 is 2.40 bits per heavy atom. The molecule has 0 bridgehead atoms. The van der Waals surface area contributed by atoms with Gasteiger partial charge in [-0.2, -0.15) is 0 Å². The van der Waals surface area contributed by atoms with Crippen LogP contribution in [0, 0.1) is 0 Å². The summed E-state index contributed by atoms with van der Waals surface area (Å²) >= 11 is 0. The molecular weight excluding hydrogens is 248 g/mol. The van der Waals surface area contributed by atoms with E-state index < -0.39 is 0 Å². The highest BCUT2D eigenvalue weighted by molar-refractivity contribution is 5.26. The normalized spacial score (nSPS) is 21.4. The van der Waals surface area contributed by atoms with E-state index in [1.165, 1.54) is 11.1 Å². The minimum atomic E-state index is 0.311. The molecule has 2 unspecified atom stereocenters. The average Bonchev–Trinajstić information content (AvgIpc) is 2.47. The summed E-state index contributed by atoms with van der Waals surface area (Å²) in [5.41, 5.74) is 2.78. The van der Waals surface area contributed by atoms with Gasteiger partial charge >= 0.3 is 0 Å². The van der Waals surface area contributed by atoms with Gasteiger partial charge in [0.15, 0.2) is 0 Å². The van der Waals surface area contributed by atoms with Crippen LogP contribution in [0.4, 0.5) is 0 Å². The van der Waals surface area contributed by atoms with Gasteiger partial charge in [-0.3, -0.25) is 4.90 Å². The molecule has 3 nitrogen and oxygen atoms in total. The Kier molecular flexibility index (Phi) is 5.58. The van der Waals surface area contributed by atoms with Crippen molar-refractivity contribution in [3.05, 3.63) is 35.4 Å². The fraction of sp³-hybridized carbons (Fsp3) is 0.647. The molecule has 1 fully saturated rings. The monoisotopic (exact) mass is 276 g/mol. The summed E-state index contributed by atoms with van der Waals surface area (Å²) in [6.45, 7) is 10.5. The largest absolute Gasteiger partial charge is 0.374 e. The average molecular weight is 276 g/mol. The van der Waals surface area contributed by atoms with Crippen molar-refractivity contribution >= 4 is 0 Å². The van der Waals surface area contributed by atoms with Crippen LogP contribution in [-0.2, 0) is 4.74 Å². The van der Waals surface area contributed by atoms with E-state index in [4.69, 9.17) is 4.74 Å². The van der Waals surface area contributed by atoms with Gasteiger partial charge in [-0.05, 0) is 31.0 Å². The molecule has 3 heteroatoms. The number of ether oxygens (including phenoxy) is 1. The van der Waals surface area contributed by atoms with Gasteiger partial charge in [-0.15, -0.1) is 0 Å². The number of morpholine rings is 1. The van der Waals surface area contributed by atoms with E-state index in [2.05, 4.69) is 62.3 Å². The van der Waals surface area contributed by atoms with Gasteiger partial charge in [0.1, 0.15) is 0 Å². The number of nitrogens with one attached hydrogen (secondary N) is 1. The predicted molar refractivity (Wildman–Crippen MR) is 84.2 cm³/mol. The zero-order valence-electron chi connectivity index (χ0n) is 13.2. The maximum absolute atomic E-state index is 5.78. The highest BCUT2D eigenvalue weighted by Gasteiger charge is 2.19. The van der Waals surface area contributed by atoms with Crippen LogP contribution in [0.1, 0.15) is 43.9 Å². The van der Waals surface area contributed by atoms with Crippen LogP contribution in [0.15, 0.2) is 24.3 Å². The maximum atomic E-state index is 5.78. The lowest BCUT2D eigenvalue weighted by atomic mass is 9.99. The smallest absolute Gasteiger partial charge is 0.0826 e. The van der Waals surface area contributed by atoms with Crippen molar-refractivity contribution in [2.75, 3.05) is 33.3 Å². The van der Waals surface area contributed by atoms with Crippen LogP contribution >= 0.6 is 0 Å². The third kappa shape index (κ3) is 4.05. The Morgan fingerprint density at radius 1 is 1.20 bits per heavy atom. The molecule has 1 heterocycles. The zero-order valence-corrected chi connectivity index (χ0v) is 13.2. The number of rotatable bonds is 5. The van der Waals surface area contributed by atoms with Gasteiger partial charge in [-0.25, -0.2) is 0 Å². The highest BCUT2D eigenvalue weighted by Crippen LogP contribution is 2.22. The molecule has 20 heavy (non-hydrogen) atoms. The summed E-state index contributed by atoms with van der Waals surface area (Å²) in [7, 11) is 2.18. The topological polar surface area (TPSA) is 24.5 Å². The van der Waals surface area contributed by atoms with Gasteiger partial charge in [0.05, 0.1) is 12.7 Å². The Bertz CT molecular complexity index is 396. The van der Waals surface area contributed by atoms with Crippen LogP contribution in [0.5, 0.6) is 0 Å². The molecule has 1 aromatic rings. The van der Waals surface area contributed by atoms with E-state index in [0.29, 0.717) is 18.1 Å². The molecule has 0 saturated carbocycles. The Balaban J connectivity index is 1.93. The molecule has 1 N–H and O–H groups in total. The lowest BCUT2D eigenvalue weighted by Gasteiger charge is -2.31. The second-order valence-corrected chi connectivity index (χ2v) is 6.13. The molecule has 1 aliphatic heterocycles. The van der Waals surface area contributed by atoms with Crippen molar-refractivity contribution in [1.82, 2.24) is 10.2 Å². The number of likely N-dealkylation sites (N-methyl/N-ethyl adjacent to an activating group) is 1. The molecule has 0 amide bonds. The minimum absolute atomic E-state index is 0.311. The molecule has 0 radical (unpaired) electrons. The lowest BCUT2D eigenvalue weighted by Crippen LogP contribution is -2.44. The third-order valence-corrected chi connectivity index (χ3v) is 4.24. The van der Waals surface area contributed by atoms with Gasteiger partial charge in [0.2, 0.25) is 0 Å². The number of hydrogen-bond donors (Lipinski definition) is 1. The standard InChI is InChI=1S/C17H28N2O/c1-13(2)15-5-7-16(8-6-15)14(3)19(4)12-17-11-18-9-10-20-17/h5-8,13-14,17-18H,9-12H2,1-4H3. The van der Waals surface area contributed by atoms with E-state index in [-0.39, 0.29) is 0 Å². The van der Waals surface area contributed by atoms with Gasteiger partial charge in [0.25, 0.3) is 0 Å². The number of hydrogen-bond acceptors (Lipinski definition) is 3. The van der Waals surface area contributed by atoms with E-state index in [1.54, 1.807) is 0 Å². The summed E-state index contributed by atoms with van der Waals surface area (Å²) in [5.74, 6) is 0.596. The van der Waals surface area contributed by atoms with Crippen molar-refractivity contribution in [2.45, 2.75) is 38.8 Å². The molecule has 1 aromatic carbocycles. The molecule has 112 valence electrons. The SMILES string of the molecule is CC(C)c1ccc(C(C)N(C)CC2CNCCO2)cc1. The van der Waals surface area contributed by atoms with Crippen molar-refractivity contribution in [1.29, 1.82) is 0 Å². The Hall–Kier alpha value is -0.900. The van der Waals surface area contributed by atoms with Gasteiger partial charge in [0, 0.05) is 25.7 Å². The van der Waals surface area contributed by atoms with E-state index in [0.717, 1.165) is 26.2 Å². The van der Waals surface area contributed by atoms with E-state index in [9.17, 15) is 0 Å². The molecule has 1 aliphatic rings. The first-order valence-corrected chi connectivity index (χ1v) is 7.70. The molecule has 0 spiro atoms. The number of benzene rings is 1. The Morgan fingerprint density at radius 2 is 1.85 bits per heavy atom. The quantitative estimate of drug-likeness (QED) is 0.895. The summed E-state index contributed by atoms with van der Waals surface area (Å²) in [5, 5.41) is 3.39. The van der Waals surface area contributed by atoms with E-state index in [1.807, 2.05) is 0 Å². The van der Waals surface area contributed by atoms with Crippen molar-refractivity contribution in [3.8, 4) is 0 Å². The second kappa shape index (κ2) is 7.21. The number of nitrogens with zero attached hydrogens (tertiary/aromatic N) is 1. The van der Waals surface area contributed by atoms with Crippen molar-refractivity contribution in [2.24, 2.45) is 0 Å². The van der Waals surface area contributed by atoms with Crippen LogP contribution in [0.25, 0.3) is 0 Å². The van der Waals surface area contributed by atoms with Gasteiger partial charge < -0.3 is 10.1 Å². The molecule has 2 atom stereocenters. The molecule has 2 rings (SSSR count). The summed E-state index contributed by atoms with van der Waals surface area (Å²) < 4.78 is 5.78. The highest BCUT2D eigenvalue weighted by atomic mass is 16.5. The Labute approximate surface area is 123 Å². The second-order valence-electron chi connectivity index (χ2n) is 6.13. The fourth-order valence-electron chi connectivity index (χ4n) is 2.63. The fourth-order valence-corrected chi connectivity index (χ4v) is 2.63. The lowest BCUT2D eigenvalue weighted by molar-refractivity contribution is 0.00393. The van der Waals surface area contributed by atoms with Crippen LogP contribution in [-0.4, -0.2) is 44.3 Å². The van der Waals surface area contributed by atoms with Crippen LogP contribution in [0.3, 0.4) is 0 Å². The summed E-state index contributed by atoms with van der Waals surface area (Å²) in [6, 6.07) is 9.45. The first-order valence-electron chi connectivity index (χ1n) is 7.70. The van der Waals surface area contributed by atoms with Crippen LogP contribution < -0.4 is 5.32 Å². The zero-order chi connectivity index (χ0) is 14.5. The van der Waals surface area contributed by atoms with Crippen LogP contribution in [0.2, 0.25) is 0 Å². The first kappa shape index (κ1) is 15.5. The maximum Gasteiger partial charge on any atom is 0.0826 e. The molecule has 0 aliphatic carbocycles. The van der Waals surface area contributed by atoms with Crippen molar-refractivity contribution in [3.63, 3.8) is 0 Å². The van der Waals surface area contributed by atoms with Crippen molar-refractivity contribution < 1.29 is 4.74 Å². The third-order valence-electron chi connectivity index (χ3n) is 4.24. The first-order chi connectivity index (χ1) is 9.58. The molecule has 0 aromatic heterocycles. The van der Waals surface area contributed by atoms with E-state index >= 15 is 0 Å². The summed E-state index contributed by atoms with van der Waals surface area (Å²) in [4.78, 5) is 2.38. The minimum Gasteiger partial charge on any atom is -0.374 e. The summed E-state index contributed by atoms with van der Waals surface area (Å²) in [6.07, 6.45) is 0.311. The molecule has 1 saturated heterocycles.